The van der Waals surface area contributed by atoms with Crippen molar-refractivity contribution >= 4 is 17.5 Å². The molecule has 0 aliphatic rings. The molecule has 0 aromatic heterocycles. The van der Waals surface area contributed by atoms with Crippen molar-refractivity contribution in [3.8, 4) is 5.75 Å². The molecule has 0 heterocycles. The lowest BCUT2D eigenvalue weighted by Crippen LogP contribution is -2.21. The van der Waals surface area contributed by atoms with Crippen LogP contribution in [0.4, 0.5) is 5.69 Å². The fourth-order valence-corrected chi connectivity index (χ4v) is 2.35. The number of amides is 2. The molecule has 2 amide bonds. The maximum Gasteiger partial charge on any atom is 0.262 e. The maximum atomic E-state index is 12.0. The standard InChI is InChI=1S/C20H24N2O3/c1-4-14(2)15-8-10-17(11-9-15)22-19(23)13-25-18-7-5-6-16(12-18)20(24)21-3/h5-12,14H,4,13H2,1-3H3,(H,21,24)(H,22,23). The Bertz CT molecular complexity index is 726. The first-order valence-corrected chi connectivity index (χ1v) is 8.38. The monoisotopic (exact) mass is 340 g/mol. The first kappa shape index (κ1) is 18.5. The lowest BCUT2D eigenvalue weighted by Gasteiger charge is -2.11. The molecule has 0 aliphatic heterocycles. The summed E-state index contributed by atoms with van der Waals surface area (Å²) < 4.78 is 5.46. The van der Waals surface area contributed by atoms with E-state index in [0.717, 1.165) is 12.1 Å². The zero-order chi connectivity index (χ0) is 18.2. The molecule has 1 atom stereocenters. The van der Waals surface area contributed by atoms with Gasteiger partial charge in [0, 0.05) is 18.3 Å². The molecule has 0 bridgehead atoms. The Labute approximate surface area is 148 Å². The Morgan fingerprint density at radius 3 is 2.48 bits per heavy atom. The average molecular weight is 340 g/mol. The highest BCUT2D eigenvalue weighted by atomic mass is 16.5. The van der Waals surface area contributed by atoms with Gasteiger partial charge >= 0.3 is 0 Å². The molecule has 132 valence electrons. The molecular weight excluding hydrogens is 316 g/mol. The lowest BCUT2D eigenvalue weighted by molar-refractivity contribution is -0.118. The van der Waals surface area contributed by atoms with E-state index in [1.54, 1.807) is 31.3 Å². The Kier molecular flexibility index (Phi) is 6.57. The van der Waals surface area contributed by atoms with Gasteiger partial charge in [-0.15, -0.1) is 0 Å². The van der Waals surface area contributed by atoms with E-state index in [2.05, 4.69) is 24.5 Å². The van der Waals surface area contributed by atoms with Crippen LogP contribution in [0.1, 0.15) is 42.1 Å². The van der Waals surface area contributed by atoms with Crippen molar-refractivity contribution in [3.05, 3.63) is 59.7 Å². The van der Waals surface area contributed by atoms with Crippen LogP contribution in [0, 0.1) is 0 Å². The Hall–Kier alpha value is -2.82. The van der Waals surface area contributed by atoms with Gasteiger partial charge < -0.3 is 15.4 Å². The van der Waals surface area contributed by atoms with Crippen molar-refractivity contribution in [1.82, 2.24) is 5.32 Å². The topological polar surface area (TPSA) is 67.4 Å². The summed E-state index contributed by atoms with van der Waals surface area (Å²) in [5, 5.41) is 5.35. The summed E-state index contributed by atoms with van der Waals surface area (Å²) in [6.07, 6.45) is 1.08. The van der Waals surface area contributed by atoms with E-state index < -0.39 is 0 Å². The molecule has 5 nitrogen and oxygen atoms in total. The number of anilines is 1. The SMILES string of the molecule is CCC(C)c1ccc(NC(=O)COc2cccc(C(=O)NC)c2)cc1. The molecule has 0 radical (unpaired) electrons. The summed E-state index contributed by atoms with van der Waals surface area (Å²) in [5.41, 5.74) is 2.48. The predicted octanol–water partition coefficient (Wildman–Crippen LogP) is 3.58. The van der Waals surface area contributed by atoms with E-state index >= 15 is 0 Å². The van der Waals surface area contributed by atoms with E-state index in [0.29, 0.717) is 17.2 Å². The molecule has 0 aliphatic carbocycles. The molecule has 2 aromatic rings. The highest BCUT2D eigenvalue weighted by Gasteiger charge is 2.08. The first-order chi connectivity index (χ1) is 12.0. The van der Waals surface area contributed by atoms with Gasteiger partial charge in [-0.05, 0) is 48.2 Å². The van der Waals surface area contributed by atoms with E-state index in [9.17, 15) is 9.59 Å². The van der Waals surface area contributed by atoms with Crippen molar-refractivity contribution in [2.75, 3.05) is 19.0 Å². The molecule has 0 fully saturated rings. The van der Waals surface area contributed by atoms with Gasteiger partial charge in [0.25, 0.3) is 11.8 Å². The van der Waals surface area contributed by atoms with Crippen LogP contribution in [-0.2, 0) is 4.79 Å². The van der Waals surface area contributed by atoms with Gasteiger partial charge in [0.2, 0.25) is 0 Å². The van der Waals surface area contributed by atoms with Gasteiger partial charge in [-0.25, -0.2) is 0 Å². The van der Waals surface area contributed by atoms with Crippen LogP contribution >= 0.6 is 0 Å². The number of ether oxygens (including phenoxy) is 1. The second-order valence-corrected chi connectivity index (χ2v) is 5.88. The van der Waals surface area contributed by atoms with Crippen LogP contribution < -0.4 is 15.4 Å². The molecular formula is C20H24N2O3. The highest BCUT2D eigenvalue weighted by molar-refractivity contribution is 5.94. The van der Waals surface area contributed by atoms with Crippen molar-refractivity contribution in [3.63, 3.8) is 0 Å². The number of carbonyl (C=O) groups is 2. The molecule has 5 heteroatoms. The summed E-state index contributed by atoms with van der Waals surface area (Å²) in [6, 6.07) is 14.6. The summed E-state index contributed by atoms with van der Waals surface area (Å²) in [7, 11) is 1.57. The number of rotatable bonds is 7. The number of hydrogen-bond acceptors (Lipinski definition) is 3. The Morgan fingerprint density at radius 1 is 1.12 bits per heavy atom. The summed E-state index contributed by atoms with van der Waals surface area (Å²) in [6.45, 7) is 4.20. The van der Waals surface area contributed by atoms with Crippen LogP contribution in [0.15, 0.2) is 48.5 Å². The third kappa shape index (κ3) is 5.35. The second-order valence-electron chi connectivity index (χ2n) is 5.88. The van der Waals surface area contributed by atoms with Crippen molar-refractivity contribution < 1.29 is 14.3 Å². The molecule has 25 heavy (non-hydrogen) atoms. The van der Waals surface area contributed by atoms with Crippen LogP contribution in [0.3, 0.4) is 0 Å². The van der Waals surface area contributed by atoms with E-state index in [1.165, 1.54) is 5.56 Å². The highest BCUT2D eigenvalue weighted by Crippen LogP contribution is 2.20. The molecule has 0 saturated heterocycles. The van der Waals surface area contributed by atoms with Gasteiger partial charge in [-0.1, -0.05) is 32.0 Å². The van der Waals surface area contributed by atoms with Crippen LogP contribution in [0.2, 0.25) is 0 Å². The van der Waals surface area contributed by atoms with Crippen molar-refractivity contribution in [1.29, 1.82) is 0 Å². The average Bonchev–Trinajstić information content (AvgIpc) is 2.66. The zero-order valence-electron chi connectivity index (χ0n) is 14.8. The number of benzene rings is 2. The molecule has 0 spiro atoms. The largest absolute Gasteiger partial charge is 0.484 e. The Morgan fingerprint density at radius 2 is 1.84 bits per heavy atom. The fraction of sp³-hybridized carbons (Fsp3) is 0.300. The van der Waals surface area contributed by atoms with Gasteiger partial charge in [0.05, 0.1) is 0 Å². The van der Waals surface area contributed by atoms with Gasteiger partial charge in [0.15, 0.2) is 6.61 Å². The lowest BCUT2D eigenvalue weighted by atomic mass is 9.99. The number of hydrogen-bond donors (Lipinski definition) is 2. The third-order valence-corrected chi connectivity index (χ3v) is 4.07. The molecule has 2 rings (SSSR count). The van der Waals surface area contributed by atoms with E-state index in [1.807, 2.05) is 24.3 Å². The minimum atomic E-state index is -0.248. The summed E-state index contributed by atoms with van der Waals surface area (Å²) in [5.74, 6) is 0.530. The molecule has 1 unspecified atom stereocenters. The van der Waals surface area contributed by atoms with Crippen LogP contribution in [0.5, 0.6) is 5.75 Å². The Balaban J connectivity index is 1.89. The smallest absolute Gasteiger partial charge is 0.262 e. The maximum absolute atomic E-state index is 12.0. The molecule has 2 aromatic carbocycles. The predicted molar refractivity (Wildman–Crippen MR) is 99.1 cm³/mol. The van der Waals surface area contributed by atoms with Crippen LogP contribution in [0.25, 0.3) is 0 Å². The van der Waals surface area contributed by atoms with Gasteiger partial charge in [-0.3, -0.25) is 9.59 Å². The summed E-state index contributed by atoms with van der Waals surface area (Å²) in [4.78, 5) is 23.6. The summed E-state index contributed by atoms with van der Waals surface area (Å²) >= 11 is 0. The van der Waals surface area contributed by atoms with Gasteiger partial charge in [0.1, 0.15) is 5.75 Å². The van der Waals surface area contributed by atoms with Crippen LogP contribution in [-0.4, -0.2) is 25.5 Å². The normalized spacial score (nSPS) is 11.5. The quantitative estimate of drug-likeness (QED) is 0.809. The zero-order valence-corrected chi connectivity index (χ0v) is 14.8. The number of nitrogens with one attached hydrogen (secondary N) is 2. The van der Waals surface area contributed by atoms with Crippen molar-refractivity contribution in [2.45, 2.75) is 26.2 Å². The minimum absolute atomic E-state index is 0.121. The number of carbonyl (C=O) groups excluding carboxylic acids is 2. The third-order valence-electron chi connectivity index (χ3n) is 4.07. The van der Waals surface area contributed by atoms with Crippen molar-refractivity contribution in [2.24, 2.45) is 0 Å². The van der Waals surface area contributed by atoms with E-state index in [4.69, 9.17) is 4.74 Å². The van der Waals surface area contributed by atoms with Gasteiger partial charge in [-0.2, -0.15) is 0 Å². The van der Waals surface area contributed by atoms with E-state index in [-0.39, 0.29) is 18.4 Å². The second kappa shape index (κ2) is 8.87. The first-order valence-electron chi connectivity index (χ1n) is 8.38. The molecule has 2 N–H and O–H groups in total. The molecule has 0 saturated carbocycles. The fourth-order valence-electron chi connectivity index (χ4n) is 2.35. The minimum Gasteiger partial charge on any atom is -0.484 e.